The lowest BCUT2D eigenvalue weighted by atomic mass is 10.3. The van der Waals surface area contributed by atoms with E-state index in [-0.39, 0.29) is 0 Å². The lowest BCUT2D eigenvalue weighted by Gasteiger charge is -1.87. The topological polar surface area (TPSA) is 47.7 Å². The summed E-state index contributed by atoms with van der Waals surface area (Å²) in [5.74, 6) is 0. The fraction of sp³-hybridized carbons (Fsp3) is 0.200. The van der Waals surface area contributed by atoms with Crippen molar-refractivity contribution in [1.29, 1.82) is 10.8 Å². The average molecular weight is 175 g/mol. The van der Waals surface area contributed by atoms with E-state index in [0.717, 1.165) is 11.8 Å². The molecule has 0 amide bonds. The quantitative estimate of drug-likeness (QED) is 0.602. The van der Waals surface area contributed by atoms with Crippen LogP contribution in [-0.4, -0.2) is 10.8 Å². The molecule has 0 aromatic heterocycles. The Morgan fingerprint density at radius 2 is 2.12 bits per heavy atom. The molecule has 0 fully saturated rings. The summed E-state index contributed by atoms with van der Waals surface area (Å²) >= 11 is 2.95. The molecule has 8 heavy (non-hydrogen) atoms. The molecule has 0 saturated carbocycles. The molecule has 0 rings (SSSR count). The van der Waals surface area contributed by atoms with Gasteiger partial charge in [-0.3, -0.25) is 5.41 Å². The van der Waals surface area contributed by atoms with E-state index in [0.29, 0.717) is 4.62 Å². The van der Waals surface area contributed by atoms with Crippen LogP contribution in [0.4, 0.5) is 0 Å². The Hall–Kier alpha value is -0.440. The third kappa shape index (κ3) is 2.69. The molecule has 0 aromatic carbocycles. The summed E-state index contributed by atoms with van der Waals surface area (Å²) in [4.78, 5) is 0. The number of nitrogens with one attached hydrogen (secondary N) is 2. The third-order valence-electron chi connectivity index (χ3n) is 0.680. The number of hydrogen-bond donors (Lipinski definition) is 2. The second-order valence-electron chi connectivity index (χ2n) is 1.33. The smallest absolute Gasteiger partial charge is 0.0996 e. The highest BCUT2D eigenvalue weighted by atomic mass is 79.9. The normalized spacial score (nSPS) is 11.0. The summed E-state index contributed by atoms with van der Waals surface area (Å²) in [6.07, 6.45) is 2.71. The van der Waals surface area contributed by atoms with Crippen LogP contribution in [0.25, 0.3) is 0 Å². The molecule has 0 saturated heterocycles. The molecule has 0 aliphatic heterocycles. The standard InChI is InChI=1S/C5H7BrN2/c1-4(2-3-7)5(6)8/h2-3,7-8H,1H3/b4-2-,7-3?,8-5?. The fourth-order valence-corrected chi connectivity index (χ4v) is 0.330. The summed E-state index contributed by atoms with van der Waals surface area (Å²) in [7, 11) is 0. The number of allylic oxidation sites excluding steroid dienone is 2. The highest BCUT2D eigenvalue weighted by Crippen LogP contribution is 1.98. The molecule has 44 valence electrons. The van der Waals surface area contributed by atoms with E-state index in [1.54, 1.807) is 13.0 Å². The SMILES string of the molecule is C/C(=C/C=N)C(=N)Br. The van der Waals surface area contributed by atoms with E-state index in [1.807, 2.05) is 0 Å². The van der Waals surface area contributed by atoms with Crippen molar-refractivity contribution in [2.75, 3.05) is 0 Å². The van der Waals surface area contributed by atoms with Crippen LogP contribution >= 0.6 is 15.9 Å². The van der Waals surface area contributed by atoms with E-state index < -0.39 is 0 Å². The maximum Gasteiger partial charge on any atom is 0.0996 e. The molecular weight excluding hydrogens is 168 g/mol. The van der Waals surface area contributed by atoms with Gasteiger partial charge >= 0.3 is 0 Å². The molecule has 0 radical (unpaired) electrons. The average Bonchev–Trinajstić information content (AvgIpc) is 1.67. The van der Waals surface area contributed by atoms with Gasteiger partial charge in [0.2, 0.25) is 0 Å². The van der Waals surface area contributed by atoms with E-state index >= 15 is 0 Å². The summed E-state index contributed by atoms with van der Waals surface area (Å²) in [5.41, 5.74) is 0.764. The molecule has 0 bridgehead atoms. The van der Waals surface area contributed by atoms with Crippen LogP contribution in [-0.2, 0) is 0 Å². The van der Waals surface area contributed by atoms with Gasteiger partial charge in [-0.05, 0) is 34.5 Å². The maximum atomic E-state index is 6.95. The molecule has 0 heterocycles. The van der Waals surface area contributed by atoms with Gasteiger partial charge in [0.1, 0.15) is 0 Å². The first-order valence-electron chi connectivity index (χ1n) is 2.10. The van der Waals surface area contributed by atoms with Gasteiger partial charge in [0.25, 0.3) is 0 Å². The minimum Gasteiger partial charge on any atom is -0.309 e. The van der Waals surface area contributed by atoms with Gasteiger partial charge in [-0.25, -0.2) is 0 Å². The monoisotopic (exact) mass is 174 g/mol. The van der Waals surface area contributed by atoms with Crippen molar-refractivity contribution in [1.82, 2.24) is 0 Å². The molecule has 0 spiro atoms. The van der Waals surface area contributed by atoms with Gasteiger partial charge in [-0.15, -0.1) is 0 Å². The second-order valence-corrected chi connectivity index (χ2v) is 2.12. The predicted molar refractivity (Wildman–Crippen MR) is 39.2 cm³/mol. The van der Waals surface area contributed by atoms with E-state index in [9.17, 15) is 0 Å². The number of hydrogen-bond acceptors (Lipinski definition) is 2. The summed E-state index contributed by atoms with van der Waals surface area (Å²) in [6.45, 7) is 1.77. The van der Waals surface area contributed by atoms with Crippen molar-refractivity contribution >= 4 is 26.8 Å². The molecule has 3 heteroatoms. The van der Waals surface area contributed by atoms with Crippen LogP contribution in [0.5, 0.6) is 0 Å². The molecule has 0 atom stereocenters. The van der Waals surface area contributed by atoms with Crippen LogP contribution < -0.4 is 0 Å². The lowest BCUT2D eigenvalue weighted by molar-refractivity contribution is 1.49. The zero-order valence-corrected chi connectivity index (χ0v) is 6.12. The Morgan fingerprint density at radius 3 is 2.25 bits per heavy atom. The zero-order valence-electron chi connectivity index (χ0n) is 4.53. The van der Waals surface area contributed by atoms with E-state index in [1.165, 1.54) is 0 Å². The molecule has 0 aliphatic rings. The van der Waals surface area contributed by atoms with Gasteiger partial charge in [0.15, 0.2) is 0 Å². The Balaban J connectivity index is 3.99. The summed E-state index contributed by atoms with van der Waals surface area (Å²) < 4.78 is 0.334. The highest BCUT2D eigenvalue weighted by molar-refractivity contribution is 9.18. The Morgan fingerprint density at radius 1 is 1.62 bits per heavy atom. The first-order valence-corrected chi connectivity index (χ1v) is 2.89. The van der Waals surface area contributed by atoms with Crippen LogP contribution in [0.3, 0.4) is 0 Å². The van der Waals surface area contributed by atoms with Crippen LogP contribution in [0.15, 0.2) is 11.6 Å². The highest BCUT2D eigenvalue weighted by Gasteiger charge is 1.88. The van der Waals surface area contributed by atoms with Crippen LogP contribution in [0.1, 0.15) is 6.92 Å². The molecule has 0 aromatic rings. The Labute approximate surface area is 56.7 Å². The number of rotatable bonds is 2. The zero-order chi connectivity index (χ0) is 6.57. The van der Waals surface area contributed by atoms with Crippen molar-refractivity contribution in [2.24, 2.45) is 0 Å². The second kappa shape index (κ2) is 3.55. The molecule has 2 nitrogen and oxygen atoms in total. The largest absolute Gasteiger partial charge is 0.309 e. The number of halogens is 1. The molecule has 0 unspecified atom stereocenters. The van der Waals surface area contributed by atoms with Gasteiger partial charge in [0, 0.05) is 6.21 Å². The predicted octanol–water partition coefficient (Wildman–Crippen LogP) is 1.95. The lowest BCUT2D eigenvalue weighted by Crippen LogP contribution is -1.84. The van der Waals surface area contributed by atoms with Gasteiger partial charge in [-0.2, -0.15) is 0 Å². The van der Waals surface area contributed by atoms with Gasteiger partial charge in [-0.1, -0.05) is 0 Å². The molecule has 0 aliphatic carbocycles. The van der Waals surface area contributed by atoms with E-state index in [2.05, 4.69) is 15.9 Å². The fourth-order valence-electron chi connectivity index (χ4n) is 0.198. The summed E-state index contributed by atoms with van der Waals surface area (Å²) in [5, 5.41) is 13.6. The minimum absolute atomic E-state index is 0.334. The van der Waals surface area contributed by atoms with Crippen molar-refractivity contribution < 1.29 is 0 Å². The van der Waals surface area contributed by atoms with Crippen molar-refractivity contribution in [3.05, 3.63) is 11.6 Å². The first kappa shape index (κ1) is 7.56. The van der Waals surface area contributed by atoms with Gasteiger partial charge in [0.05, 0.1) is 4.62 Å². The van der Waals surface area contributed by atoms with Gasteiger partial charge < -0.3 is 5.41 Å². The third-order valence-corrected chi connectivity index (χ3v) is 1.30. The first-order chi connectivity index (χ1) is 3.68. The van der Waals surface area contributed by atoms with Crippen molar-refractivity contribution in [2.45, 2.75) is 6.92 Å². The Kier molecular flexibility index (Phi) is 3.35. The van der Waals surface area contributed by atoms with Crippen LogP contribution in [0, 0.1) is 10.8 Å². The minimum atomic E-state index is 0.334. The Bertz CT molecular complexity index is 137. The van der Waals surface area contributed by atoms with Crippen LogP contribution in [0.2, 0.25) is 0 Å². The van der Waals surface area contributed by atoms with Crippen molar-refractivity contribution in [3.8, 4) is 0 Å². The van der Waals surface area contributed by atoms with Crippen molar-refractivity contribution in [3.63, 3.8) is 0 Å². The molecular formula is C5H7BrN2. The van der Waals surface area contributed by atoms with E-state index in [4.69, 9.17) is 10.8 Å². The summed E-state index contributed by atoms with van der Waals surface area (Å²) in [6, 6.07) is 0. The maximum absolute atomic E-state index is 6.95. The molecule has 2 N–H and O–H groups in total.